The minimum atomic E-state index is -1.06. The molecule has 18 heavy (non-hydrogen) atoms. The lowest BCUT2D eigenvalue weighted by atomic mass is 10.2. The van der Waals surface area contributed by atoms with Crippen molar-refractivity contribution in [2.75, 3.05) is 12.8 Å². The highest BCUT2D eigenvalue weighted by molar-refractivity contribution is 5.85. The molecule has 0 aliphatic carbocycles. The predicted molar refractivity (Wildman–Crippen MR) is 66.2 cm³/mol. The average molecular weight is 247 g/mol. The molecule has 2 rings (SSSR count). The second-order valence-electron chi connectivity index (χ2n) is 3.82. The van der Waals surface area contributed by atoms with Gasteiger partial charge in [-0.05, 0) is 25.1 Å². The Bertz CT molecular complexity index is 605. The van der Waals surface area contributed by atoms with Crippen molar-refractivity contribution in [2.45, 2.75) is 6.92 Å². The number of methoxy groups -OCH3 is 1. The fourth-order valence-corrected chi connectivity index (χ4v) is 1.69. The smallest absolute Gasteiger partial charge is 0.356 e. The summed E-state index contributed by atoms with van der Waals surface area (Å²) in [7, 11) is 1.52. The number of ether oxygens (including phenoxy) is 1. The predicted octanol–water partition coefficient (Wildman–Crippen LogP) is 1.47. The third kappa shape index (κ3) is 2.00. The number of hydrogen-bond donors (Lipinski definition) is 2. The van der Waals surface area contributed by atoms with Gasteiger partial charge in [0.2, 0.25) is 0 Å². The summed E-state index contributed by atoms with van der Waals surface area (Å²) in [5, 5.41) is 12.9. The van der Waals surface area contributed by atoms with Gasteiger partial charge in [0.1, 0.15) is 11.4 Å². The van der Waals surface area contributed by atoms with Gasteiger partial charge < -0.3 is 15.6 Å². The molecule has 0 fully saturated rings. The van der Waals surface area contributed by atoms with Crippen LogP contribution in [0, 0.1) is 6.92 Å². The van der Waals surface area contributed by atoms with Gasteiger partial charge in [0.15, 0.2) is 5.69 Å². The highest BCUT2D eigenvalue weighted by atomic mass is 16.5. The number of aryl methyl sites for hydroxylation is 1. The number of carbonyl (C=O) groups is 1. The van der Waals surface area contributed by atoms with E-state index in [9.17, 15) is 4.79 Å². The molecule has 0 radical (unpaired) electrons. The highest BCUT2D eigenvalue weighted by Gasteiger charge is 2.14. The highest BCUT2D eigenvalue weighted by Crippen LogP contribution is 2.26. The SMILES string of the molecule is COc1cc(N)ccc1-n1nc(C(=O)O)cc1C. The standard InChI is InChI=1S/C12H13N3O3/c1-7-5-9(12(16)17)14-15(7)10-4-3-8(13)6-11(10)18-2/h3-6H,13H2,1-2H3,(H,16,17). The van der Waals surface area contributed by atoms with E-state index >= 15 is 0 Å². The lowest BCUT2D eigenvalue weighted by Crippen LogP contribution is -2.04. The van der Waals surface area contributed by atoms with Crippen LogP contribution in [0.5, 0.6) is 5.75 Å². The van der Waals surface area contributed by atoms with Crippen LogP contribution >= 0.6 is 0 Å². The molecule has 0 saturated heterocycles. The van der Waals surface area contributed by atoms with Crippen molar-refractivity contribution in [3.8, 4) is 11.4 Å². The zero-order valence-corrected chi connectivity index (χ0v) is 10.0. The van der Waals surface area contributed by atoms with Crippen LogP contribution in [-0.2, 0) is 0 Å². The summed E-state index contributed by atoms with van der Waals surface area (Å²) in [5.41, 5.74) is 7.58. The molecule has 0 aliphatic rings. The maximum absolute atomic E-state index is 10.9. The number of rotatable bonds is 3. The van der Waals surface area contributed by atoms with Crippen LogP contribution < -0.4 is 10.5 Å². The first-order valence-electron chi connectivity index (χ1n) is 5.26. The number of nitrogen functional groups attached to an aromatic ring is 1. The van der Waals surface area contributed by atoms with Gasteiger partial charge in [0.05, 0.1) is 7.11 Å². The summed E-state index contributed by atoms with van der Waals surface area (Å²) in [6.07, 6.45) is 0. The number of carboxylic acid groups (broad SMARTS) is 1. The molecule has 0 saturated carbocycles. The molecule has 6 nitrogen and oxygen atoms in total. The summed E-state index contributed by atoms with van der Waals surface area (Å²) >= 11 is 0. The quantitative estimate of drug-likeness (QED) is 0.801. The van der Waals surface area contributed by atoms with E-state index < -0.39 is 5.97 Å². The van der Waals surface area contributed by atoms with Gasteiger partial charge in [-0.1, -0.05) is 0 Å². The Morgan fingerprint density at radius 3 is 2.72 bits per heavy atom. The van der Waals surface area contributed by atoms with Crippen LogP contribution in [0.25, 0.3) is 5.69 Å². The molecule has 1 aromatic carbocycles. The van der Waals surface area contributed by atoms with Crippen LogP contribution in [-0.4, -0.2) is 28.0 Å². The monoisotopic (exact) mass is 247 g/mol. The van der Waals surface area contributed by atoms with Crippen molar-refractivity contribution < 1.29 is 14.6 Å². The van der Waals surface area contributed by atoms with Gasteiger partial charge in [0.25, 0.3) is 0 Å². The average Bonchev–Trinajstić information content (AvgIpc) is 2.71. The van der Waals surface area contributed by atoms with Gasteiger partial charge in [-0.2, -0.15) is 5.10 Å². The fraction of sp³-hybridized carbons (Fsp3) is 0.167. The normalized spacial score (nSPS) is 10.3. The summed E-state index contributed by atoms with van der Waals surface area (Å²) < 4.78 is 6.73. The van der Waals surface area contributed by atoms with E-state index in [1.54, 1.807) is 25.1 Å². The topological polar surface area (TPSA) is 90.4 Å². The van der Waals surface area contributed by atoms with E-state index in [1.807, 2.05) is 0 Å². The molecular formula is C12H13N3O3. The molecule has 3 N–H and O–H groups in total. The van der Waals surface area contributed by atoms with Crippen LogP contribution in [0.4, 0.5) is 5.69 Å². The Morgan fingerprint density at radius 1 is 1.44 bits per heavy atom. The van der Waals surface area contributed by atoms with E-state index in [0.29, 0.717) is 22.8 Å². The number of benzene rings is 1. The number of aromatic carboxylic acids is 1. The molecule has 1 aromatic heterocycles. The molecule has 0 amide bonds. The summed E-state index contributed by atoms with van der Waals surface area (Å²) in [6.45, 7) is 1.77. The number of nitrogens with two attached hydrogens (primary N) is 1. The largest absolute Gasteiger partial charge is 0.494 e. The van der Waals surface area contributed by atoms with E-state index in [0.717, 1.165) is 0 Å². The van der Waals surface area contributed by atoms with Crippen molar-refractivity contribution in [1.29, 1.82) is 0 Å². The van der Waals surface area contributed by atoms with Gasteiger partial charge in [0, 0.05) is 17.4 Å². The third-order valence-corrected chi connectivity index (χ3v) is 2.54. The molecule has 0 spiro atoms. The van der Waals surface area contributed by atoms with Crippen molar-refractivity contribution in [3.05, 3.63) is 35.7 Å². The molecule has 94 valence electrons. The first-order chi connectivity index (χ1) is 8.52. The zero-order valence-electron chi connectivity index (χ0n) is 10.0. The Kier molecular flexibility index (Phi) is 2.93. The van der Waals surface area contributed by atoms with Crippen LogP contribution in [0.1, 0.15) is 16.2 Å². The first kappa shape index (κ1) is 12.0. The summed E-state index contributed by atoms with van der Waals surface area (Å²) in [4.78, 5) is 10.9. The number of carboxylic acids is 1. The fourth-order valence-electron chi connectivity index (χ4n) is 1.69. The lowest BCUT2D eigenvalue weighted by molar-refractivity contribution is 0.0690. The first-order valence-corrected chi connectivity index (χ1v) is 5.26. The Hall–Kier alpha value is -2.50. The van der Waals surface area contributed by atoms with E-state index in [2.05, 4.69) is 5.10 Å². The third-order valence-electron chi connectivity index (χ3n) is 2.54. The molecular weight excluding hydrogens is 234 g/mol. The zero-order chi connectivity index (χ0) is 13.3. The Balaban J connectivity index is 2.58. The van der Waals surface area contributed by atoms with Crippen LogP contribution in [0.15, 0.2) is 24.3 Å². The molecule has 0 unspecified atom stereocenters. The lowest BCUT2D eigenvalue weighted by Gasteiger charge is -2.10. The number of hydrogen-bond acceptors (Lipinski definition) is 4. The Labute approximate surface area is 104 Å². The maximum Gasteiger partial charge on any atom is 0.356 e. The number of nitrogens with zero attached hydrogens (tertiary/aromatic N) is 2. The van der Waals surface area contributed by atoms with Crippen molar-refractivity contribution in [1.82, 2.24) is 9.78 Å². The molecule has 0 atom stereocenters. The number of anilines is 1. The second kappa shape index (κ2) is 4.40. The van der Waals surface area contributed by atoms with Crippen LogP contribution in [0.2, 0.25) is 0 Å². The van der Waals surface area contributed by atoms with Gasteiger partial charge in [-0.25, -0.2) is 9.48 Å². The van der Waals surface area contributed by atoms with Gasteiger partial charge in [-0.3, -0.25) is 0 Å². The molecule has 6 heteroatoms. The Morgan fingerprint density at radius 2 is 2.17 bits per heavy atom. The minimum Gasteiger partial charge on any atom is -0.494 e. The van der Waals surface area contributed by atoms with Crippen molar-refractivity contribution >= 4 is 11.7 Å². The summed E-state index contributed by atoms with van der Waals surface area (Å²) in [5.74, 6) is -0.524. The van der Waals surface area contributed by atoms with E-state index in [1.165, 1.54) is 17.9 Å². The molecule has 1 heterocycles. The molecule has 0 aliphatic heterocycles. The second-order valence-corrected chi connectivity index (χ2v) is 3.82. The maximum atomic E-state index is 10.9. The van der Waals surface area contributed by atoms with Crippen molar-refractivity contribution in [2.24, 2.45) is 0 Å². The van der Waals surface area contributed by atoms with Crippen LogP contribution in [0.3, 0.4) is 0 Å². The van der Waals surface area contributed by atoms with E-state index in [-0.39, 0.29) is 5.69 Å². The molecule has 2 aromatic rings. The number of aromatic nitrogens is 2. The minimum absolute atomic E-state index is 0.00798. The summed E-state index contributed by atoms with van der Waals surface area (Å²) in [6, 6.07) is 6.61. The van der Waals surface area contributed by atoms with Gasteiger partial charge in [-0.15, -0.1) is 0 Å². The van der Waals surface area contributed by atoms with E-state index in [4.69, 9.17) is 15.6 Å². The molecule has 0 bridgehead atoms. The van der Waals surface area contributed by atoms with Crippen molar-refractivity contribution in [3.63, 3.8) is 0 Å². The van der Waals surface area contributed by atoms with Gasteiger partial charge >= 0.3 is 5.97 Å².